The Bertz CT molecular complexity index is 1400. The van der Waals surface area contributed by atoms with Crippen LogP contribution in [-0.4, -0.2) is 62.8 Å². The number of carbonyl (C=O) groups excluding carboxylic acids is 2. The number of benzene rings is 1. The number of rotatable bonds is 18. The summed E-state index contributed by atoms with van der Waals surface area (Å²) in [6, 6.07) is 4.81. The Morgan fingerprint density at radius 3 is 1.54 bits per heavy atom. The van der Waals surface area contributed by atoms with Crippen molar-refractivity contribution in [3.63, 3.8) is 0 Å². The number of ether oxygens (including phenoxy) is 6. The van der Waals surface area contributed by atoms with Gasteiger partial charge in [0.15, 0.2) is 0 Å². The molecule has 8 heteroatoms. The molecule has 52 heavy (non-hydrogen) atoms. The largest absolute Gasteiger partial charge is 0.490 e. The summed E-state index contributed by atoms with van der Waals surface area (Å²) in [6.45, 7) is 16.0. The van der Waals surface area contributed by atoms with Gasteiger partial charge in [0.2, 0.25) is 0 Å². The summed E-state index contributed by atoms with van der Waals surface area (Å²) < 4.78 is 36.5. The van der Waals surface area contributed by atoms with Gasteiger partial charge in [-0.3, -0.25) is 0 Å². The van der Waals surface area contributed by atoms with Gasteiger partial charge in [0.25, 0.3) is 0 Å². The average Bonchev–Trinajstić information content (AvgIpc) is 3.10. The lowest BCUT2D eigenvalue weighted by atomic mass is 9.47. The number of esters is 2. The van der Waals surface area contributed by atoms with Crippen molar-refractivity contribution in [1.82, 2.24) is 0 Å². The first-order chi connectivity index (χ1) is 25.0. The second kappa shape index (κ2) is 15.9. The lowest BCUT2D eigenvalue weighted by Gasteiger charge is -2.58. The summed E-state index contributed by atoms with van der Waals surface area (Å²) in [4.78, 5) is 23.4. The van der Waals surface area contributed by atoms with Crippen LogP contribution in [0.1, 0.15) is 115 Å². The maximum atomic E-state index is 11.7. The van der Waals surface area contributed by atoms with Crippen molar-refractivity contribution in [3.05, 3.63) is 48.6 Å². The van der Waals surface area contributed by atoms with Gasteiger partial charge in [0.05, 0.1) is 25.4 Å². The predicted octanol–water partition coefficient (Wildman–Crippen LogP) is 8.50. The molecule has 8 fully saturated rings. The van der Waals surface area contributed by atoms with Crippen LogP contribution >= 0.6 is 0 Å². The maximum absolute atomic E-state index is 11.7. The van der Waals surface area contributed by atoms with Gasteiger partial charge >= 0.3 is 11.9 Å². The molecule has 286 valence electrons. The standard InChI is InChI=1S/C44H62O8/c1-7-41(45)51-28(5)24-47-26(3)22-49-39-18-40(50-23-27(4)48-25-29(6)52-42(46)8-2)38(44-19-32-10-33(20-44)12-34(11-32)21-44)17-37(39)43-35-13-30-9-31(15-35)16-36(43)14-30/h7-8,17-18,26-36,43H,1-2,9-16,19-25H2,3-6H3. The molecule has 0 heterocycles. The fraction of sp³-hybridized carbons (Fsp3) is 0.727. The Morgan fingerprint density at radius 2 is 1.08 bits per heavy atom. The lowest BCUT2D eigenvalue weighted by molar-refractivity contribution is -0.147. The molecule has 0 N–H and O–H groups in total. The van der Waals surface area contributed by atoms with Crippen LogP contribution in [0.4, 0.5) is 0 Å². The fourth-order valence-corrected chi connectivity index (χ4v) is 12.0. The van der Waals surface area contributed by atoms with E-state index in [1.165, 1.54) is 93.9 Å². The first kappa shape index (κ1) is 37.5. The quantitative estimate of drug-likeness (QED) is 0.110. The van der Waals surface area contributed by atoms with Gasteiger partial charge in [-0.25, -0.2) is 9.59 Å². The van der Waals surface area contributed by atoms with Gasteiger partial charge in [-0.1, -0.05) is 13.2 Å². The summed E-state index contributed by atoms with van der Waals surface area (Å²) in [5.41, 5.74) is 2.95. The smallest absolute Gasteiger partial charge is 0.330 e. The van der Waals surface area contributed by atoms with Crippen LogP contribution in [0.2, 0.25) is 0 Å². The summed E-state index contributed by atoms with van der Waals surface area (Å²) >= 11 is 0. The Balaban J connectivity index is 1.16. The molecule has 8 aliphatic rings. The average molecular weight is 719 g/mol. The van der Waals surface area contributed by atoms with Crippen LogP contribution in [0.3, 0.4) is 0 Å². The SMILES string of the molecule is C=CC(=O)OC(C)COC(C)COc1cc(OCC(C)OCC(C)OC(=O)C=C)c(C23CC4CC(CC(C4)C2)C3)cc1C1C2CC3CC(C2)CC1C3. The molecular formula is C44H62O8. The molecule has 8 nitrogen and oxygen atoms in total. The van der Waals surface area contributed by atoms with Crippen LogP contribution in [0.25, 0.3) is 0 Å². The van der Waals surface area contributed by atoms with Crippen LogP contribution in [0, 0.1) is 41.4 Å². The zero-order chi connectivity index (χ0) is 36.6. The van der Waals surface area contributed by atoms with Gasteiger partial charge in [0.1, 0.15) is 36.9 Å². The second-order valence-corrected chi connectivity index (χ2v) is 17.9. The molecule has 0 saturated heterocycles. The van der Waals surface area contributed by atoms with E-state index in [9.17, 15) is 9.59 Å². The summed E-state index contributed by atoms with van der Waals surface area (Å²) in [5, 5.41) is 0. The monoisotopic (exact) mass is 718 g/mol. The van der Waals surface area contributed by atoms with E-state index in [0.717, 1.165) is 41.1 Å². The van der Waals surface area contributed by atoms with E-state index in [2.05, 4.69) is 25.3 Å². The zero-order valence-electron chi connectivity index (χ0n) is 32.0. The Kier molecular flexibility index (Phi) is 11.4. The lowest BCUT2D eigenvalue weighted by Crippen LogP contribution is -2.49. The van der Waals surface area contributed by atoms with Crippen molar-refractivity contribution in [2.45, 2.75) is 134 Å². The second-order valence-electron chi connectivity index (χ2n) is 17.9. The van der Waals surface area contributed by atoms with Crippen molar-refractivity contribution >= 4 is 11.9 Å². The van der Waals surface area contributed by atoms with E-state index in [1.807, 2.05) is 27.7 Å². The van der Waals surface area contributed by atoms with Crippen molar-refractivity contribution in [3.8, 4) is 11.5 Å². The van der Waals surface area contributed by atoms with Gasteiger partial charge in [-0.2, -0.15) is 0 Å². The molecule has 0 aromatic heterocycles. The highest BCUT2D eigenvalue weighted by molar-refractivity contribution is 5.81. The maximum Gasteiger partial charge on any atom is 0.330 e. The molecule has 4 atom stereocenters. The number of hydrogen-bond donors (Lipinski definition) is 0. The van der Waals surface area contributed by atoms with Gasteiger partial charge < -0.3 is 28.4 Å². The summed E-state index contributed by atoms with van der Waals surface area (Å²) in [5.74, 6) is 7.14. The zero-order valence-corrected chi connectivity index (χ0v) is 32.0. The Labute approximate surface area is 311 Å². The van der Waals surface area contributed by atoms with E-state index in [-0.39, 0.29) is 43.0 Å². The Hall–Kier alpha value is -2.84. The molecule has 0 radical (unpaired) electrons. The van der Waals surface area contributed by atoms with E-state index >= 15 is 0 Å². The minimum Gasteiger partial charge on any atom is -0.490 e. The molecular weight excluding hydrogens is 656 g/mol. The third-order valence-corrected chi connectivity index (χ3v) is 13.5. The van der Waals surface area contributed by atoms with Gasteiger partial charge in [0, 0.05) is 23.8 Å². The molecule has 0 spiro atoms. The van der Waals surface area contributed by atoms with E-state index in [1.54, 1.807) is 0 Å². The molecule has 8 aliphatic carbocycles. The molecule has 1 aromatic rings. The molecule has 4 unspecified atom stereocenters. The Morgan fingerprint density at radius 1 is 0.635 bits per heavy atom. The van der Waals surface area contributed by atoms with Crippen LogP contribution < -0.4 is 9.47 Å². The van der Waals surface area contributed by atoms with Crippen LogP contribution in [0.15, 0.2) is 37.4 Å². The predicted molar refractivity (Wildman–Crippen MR) is 199 cm³/mol. The van der Waals surface area contributed by atoms with Crippen LogP contribution in [0.5, 0.6) is 11.5 Å². The number of hydrogen-bond acceptors (Lipinski definition) is 8. The van der Waals surface area contributed by atoms with E-state index in [4.69, 9.17) is 28.4 Å². The van der Waals surface area contributed by atoms with Gasteiger partial charge in [-0.05, 0) is 163 Å². The van der Waals surface area contributed by atoms with Crippen molar-refractivity contribution in [1.29, 1.82) is 0 Å². The van der Waals surface area contributed by atoms with E-state index < -0.39 is 11.9 Å². The minimum absolute atomic E-state index is 0.149. The van der Waals surface area contributed by atoms with Crippen molar-refractivity contribution < 1.29 is 38.0 Å². The summed E-state index contributed by atoms with van der Waals surface area (Å²) in [6.07, 6.45) is 16.0. The topological polar surface area (TPSA) is 89.5 Å². The summed E-state index contributed by atoms with van der Waals surface area (Å²) in [7, 11) is 0. The highest BCUT2D eigenvalue weighted by atomic mass is 16.6. The normalized spacial score (nSPS) is 34.6. The first-order valence-corrected chi connectivity index (χ1v) is 20.3. The van der Waals surface area contributed by atoms with Crippen molar-refractivity contribution in [2.75, 3.05) is 26.4 Å². The molecule has 0 amide bonds. The molecule has 0 aliphatic heterocycles. The van der Waals surface area contributed by atoms with Gasteiger partial charge in [-0.15, -0.1) is 0 Å². The number of carbonyl (C=O) groups is 2. The minimum atomic E-state index is -0.447. The molecule has 8 saturated carbocycles. The fourth-order valence-electron chi connectivity index (χ4n) is 12.0. The van der Waals surface area contributed by atoms with E-state index in [0.29, 0.717) is 31.0 Å². The third-order valence-electron chi connectivity index (χ3n) is 13.5. The highest BCUT2D eigenvalue weighted by Gasteiger charge is 2.54. The van der Waals surface area contributed by atoms with Crippen LogP contribution in [-0.2, 0) is 34.0 Å². The molecule has 8 bridgehead atoms. The highest BCUT2D eigenvalue weighted by Crippen LogP contribution is 2.64. The first-order valence-electron chi connectivity index (χ1n) is 20.3. The van der Waals surface area contributed by atoms with Crippen molar-refractivity contribution in [2.24, 2.45) is 41.4 Å². The third kappa shape index (κ3) is 8.28. The molecule has 9 rings (SSSR count). The molecule has 1 aromatic carbocycles.